The number of hydrogen-bond donors (Lipinski definition) is 0. The SMILES string of the molecule is CCCN(CCC)C(=O)CC#N. The number of carbonyl (C=O) groups is 1. The van der Waals surface area contributed by atoms with Crippen molar-refractivity contribution in [1.29, 1.82) is 5.26 Å². The van der Waals surface area contributed by atoms with Gasteiger partial charge in [-0.25, -0.2) is 0 Å². The predicted octanol–water partition coefficient (Wildman–Crippen LogP) is 1.55. The second-order valence-electron chi connectivity index (χ2n) is 2.72. The van der Waals surface area contributed by atoms with Crippen molar-refractivity contribution in [3.63, 3.8) is 0 Å². The van der Waals surface area contributed by atoms with Crippen LogP contribution in [0.3, 0.4) is 0 Å². The molecule has 0 N–H and O–H groups in total. The molecule has 0 saturated carbocycles. The lowest BCUT2D eigenvalue weighted by Gasteiger charge is -2.19. The quantitative estimate of drug-likeness (QED) is 0.625. The molecule has 1 amide bonds. The average molecular weight is 168 g/mol. The zero-order valence-corrected chi connectivity index (χ0v) is 7.84. The summed E-state index contributed by atoms with van der Waals surface area (Å²) in [5.74, 6) is -0.0406. The lowest BCUT2D eigenvalue weighted by molar-refractivity contribution is -0.130. The van der Waals surface area contributed by atoms with Gasteiger partial charge in [0.25, 0.3) is 0 Å². The van der Waals surface area contributed by atoms with Crippen molar-refractivity contribution in [1.82, 2.24) is 4.90 Å². The molecule has 0 bridgehead atoms. The van der Waals surface area contributed by atoms with E-state index in [-0.39, 0.29) is 12.3 Å². The van der Waals surface area contributed by atoms with Crippen LogP contribution >= 0.6 is 0 Å². The zero-order valence-electron chi connectivity index (χ0n) is 7.84. The summed E-state index contributed by atoms with van der Waals surface area (Å²) in [6.07, 6.45) is 1.92. The van der Waals surface area contributed by atoms with Gasteiger partial charge in [-0.2, -0.15) is 5.26 Å². The van der Waals surface area contributed by atoms with Gasteiger partial charge in [-0.05, 0) is 12.8 Å². The summed E-state index contributed by atoms with van der Waals surface area (Å²) in [6, 6.07) is 1.87. The van der Waals surface area contributed by atoms with Gasteiger partial charge in [0, 0.05) is 13.1 Å². The summed E-state index contributed by atoms with van der Waals surface area (Å²) in [5.41, 5.74) is 0. The van der Waals surface area contributed by atoms with Crippen molar-refractivity contribution in [2.75, 3.05) is 13.1 Å². The first-order valence-corrected chi connectivity index (χ1v) is 4.41. The fourth-order valence-corrected chi connectivity index (χ4v) is 1.08. The Morgan fingerprint density at radius 3 is 2.17 bits per heavy atom. The van der Waals surface area contributed by atoms with E-state index in [0.29, 0.717) is 0 Å². The van der Waals surface area contributed by atoms with Crippen LogP contribution in [0.1, 0.15) is 33.1 Å². The molecule has 0 rings (SSSR count). The van der Waals surface area contributed by atoms with Crippen molar-refractivity contribution in [3.05, 3.63) is 0 Å². The Morgan fingerprint density at radius 1 is 1.33 bits per heavy atom. The molecular formula is C9H16N2O. The van der Waals surface area contributed by atoms with Crippen molar-refractivity contribution in [2.24, 2.45) is 0 Å². The van der Waals surface area contributed by atoms with E-state index in [0.717, 1.165) is 25.9 Å². The van der Waals surface area contributed by atoms with E-state index in [4.69, 9.17) is 5.26 Å². The first kappa shape index (κ1) is 11.0. The molecule has 68 valence electrons. The van der Waals surface area contributed by atoms with Gasteiger partial charge >= 0.3 is 0 Å². The van der Waals surface area contributed by atoms with Gasteiger partial charge < -0.3 is 4.90 Å². The zero-order chi connectivity index (χ0) is 9.40. The van der Waals surface area contributed by atoms with E-state index in [1.54, 1.807) is 4.90 Å². The minimum atomic E-state index is -0.0406. The normalized spacial score (nSPS) is 9.08. The summed E-state index contributed by atoms with van der Waals surface area (Å²) >= 11 is 0. The van der Waals surface area contributed by atoms with Crippen LogP contribution in [0.5, 0.6) is 0 Å². The van der Waals surface area contributed by atoms with E-state index >= 15 is 0 Å². The third-order valence-corrected chi connectivity index (χ3v) is 1.57. The molecule has 0 fully saturated rings. The highest BCUT2D eigenvalue weighted by atomic mass is 16.2. The fraction of sp³-hybridized carbons (Fsp3) is 0.778. The second-order valence-corrected chi connectivity index (χ2v) is 2.72. The number of nitriles is 1. The van der Waals surface area contributed by atoms with Gasteiger partial charge in [-0.1, -0.05) is 13.8 Å². The van der Waals surface area contributed by atoms with Gasteiger partial charge in [0.2, 0.25) is 5.91 Å². The summed E-state index contributed by atoms with van der Waals surface area (Å²) < 4.78 is 0. The van der Waals surface area contributed by atoms with Crippen LogP contribution in [0.2, 0.25) is 0 Å². The number of carbonyl (C=O) groups excluding carboxylic acids is 1. The Morgan fingerprint density at radius 2 is 1.83 bits per heavy atom. The Hall–Kier alpha value is -1.04. The van der Waals surface area contributed by atoms with Crippen LogP contribution in [-0.4, -0.2) is 23.9 Å². The Bertz CT molecular complexity index is 166. The molecule has 12 heavy (non-hydrogen) atoms. The maximum Gasteiger partial charge on any atom is 0.236 e. The number of amides is 1. The van der Waals surface area contributed by atoms with E-state index in [1.807, 2.05) is 19.9 Å². The molecule has 0 aromatic carbocycles. The molecular weight excluding hydrogens is 152 g/mol. The summed E-state index contributed by atoms with van der Waals surface area (Å²) in [6.45, 7) is 5.60. The number of hydrogen-bond acceptors (Lipinski definition) is 2. The van der Waals surface area contributed by atoms with E-state index < -0.39 is 0 Å². The van der Waals surface area contributed by atoms with Crippen LogP contribution in [0.4, 0.5) is 0 Å². The highest BCUT2D eigenvalue weighted by Crippen LogP contribution is 1.97. The lowest BCUT2D eigenvalue weighted by atomic mass is 10.3. The van der Waals surface area contributed by atoms with Crippen LogP contribution in [-0.2, 0) is 4.79 Å². The maximum atomic E-state index is 11.2. The third-order valence-electron chi connectivity index (χ3n) is 1.57. The third kappa shape index (κ3) is 3.97. The molecule has 0 radical (unpaired) electrons. The molecule has 3 nitrogen and oxygen atoms in total. The topological polar surface area (TPSA) is 44.1 Å². The van der Waals surface area contributed by atoms with Crippen LogP contribution in [0, 0.1) is 11.3 Å². The minimum absolute atomic E-state index is 0.0139. The molecule has 0 aromatic rings. The highest BCUT2D eigenvalue weighted by Gasteiger charge is 2.09. The van der Waals surface area contributed by atoms with Gasteiger partial charge in [0.1, 0.15) is 6.42 Å². The standard InChI is InChI=1S/C9H16N2O/c1-3-7-11(8-4-2)9(12)5-6-10/h3-5,7-8H2,1-2H3. The number of nitrogens with zero attached hydrogens (tertiary/aromatic N) is 2. The first-order valence-electron chi connectivity index (χ1n) is 4.41. The number of rotatable bonds is 5. The molecule has 0 aliphatic carbocycles. The molecule has 0 saturated heterocycles. The maximum absolute atomic E-state index is 11.2. The van der Waals surface area contributed by atoms with Gasteiger partial charge in [0.05, 0.1) is 6.07 Å². The van der Waals surface area contributed by atoms with E-state index in [9.17, 15) is 4.79 Å². The largest absolute Gasteiger partial charge is 0.342 e. The fourth-order valence-electron chi connectivity index (χ4n) is 1.08. The molecule has 0 atom stereocenters. The Labute approximate surface area is 74.0 Å². The van der Waals surface area contributed by atoms with Crippen molar-refractivity contribution >= 4 is 5.91 Å². The average Bonchev–Trinajstić information content (AvgIpc) is 2.04. The molecule has 0 heterocycles. The van der Waals surface area contributed by atoms with Gasteiger partial charge in [-0.3, -0.25) is 4.79 Å². The van der Waals surface area contributed by atoms with Crippen molar-refractivity contribution in [2.45, 2.75) is 33.1 Å². The van der Waals surface area contributed by atoms with Crippen LogP contribution in [0.15, 0.2) is 0 Å². The molecule has 3 heteroatoms. The van der Waals surface area contributed by atoms with E-state index in [1.165, 1.54) is 0 Å². The monoisotopic (exact) mass is 168 g/mol. The molecule has 0 aliphatic rings. The summed E-state index contributed by atoms with van der Waals surface area (Å²) in [5, 5.41) is 8.32. The van der Waals surface area contributed by atoms with Gasteiger partial charge in [-0.15, -0.1) is 0 Å². The molecule has 0 aliphatic heterocycles. The van der Waals surface area contributed by atoms with Crippen molar-refractivity contribution in [3.8, 4) is 6.07 Å². The molecule has 0 aromatic heterocycles. The van der Waals surface area contributed by atoms with Crippen molar-refractivity contribution < 1.29 is 4.79 Å². The lowest BCUT2D eigenvalue weighted by Crippen LogP contribution is -2.31. The van der Waals surface area contributed by atoms with Crippen LogP contribution < -0.4 is 0 Å². The van der Waals surface area contributed by atoms with E-state index in [2.05, 4.69) is 0 Å². The Kier molecular flexibility index (Phi) is 6.08. The predicted molar refractivity (Wildman–Crippen MR) is 47.4 cm³/mol. The minimum Gasteiger partial charge on any atom is -0.342 e. The summed E-state index contributed by atoms with van der Waals surface area (Å²) in [7, 11) is 0. The smallest absolute Gasteiger partial charge is 0.236 e. The molecule has 0 unspecified atom stereocenters. The summed E-state index contributed by atoms with van der Waals surface area (Å²) in [4.78, 5) is 13.0. The van der Waals surface area contributed by atoms with Crippen LogP contribution in [0.25, 0.3) is 0 Å². The molecule has 0 spiro atoms. The highest BCUT2D eigenvalue weighted by molar-refractivity contribution is 5.78. The second kappa shape index (κ2) is 6.66. The Balaban J connectivity index is 3.92. The first-order chi connectivity index (χ1) is 5.76. The van der Waals surface area contributed by atoms with Gasteiger partial charge in [0.15, 0.2) is 0 Å².